The Labute approximate surface area is 86.5 Å². The third kappa shape index (κ3) is 1.92. The fourth-order valence-corrected chi connectivity index (χ4v) is 2.02. The van der Waals surface area contributed by atoms with Gasteiger partial charge in [-0.2, -0.15) is 0 Å². The summed E-state index contributed by atoms with van der Waals surface area (Å²) in [6.45, 7) is 5.64. The molecule has 0 unspecified atom stereocenters. The summed E-state index contributed by atoms with van der Waals surface area (Å²) in [5.41, 5.74) is 4.33. The summed E-state index contributed by atoms with van der Waals surface area (Å²) >= 11 is 0. The van der Waals surface area contributed by atoms with Gasteiger partial charge in [0.1, 0.15) is 0 Å². The fraction of sp³-hybridized carbons (Fsp3) is 0.538. The summed E-state index contributed by atoms with van der Waals surface area (Å²) in [6, 6.07) is 6.87. The predicted octanol–water partition coefficient (Wildman–Crippen LogP) is 3.56. The Morgan fingerprint density at radius 2 is 2.07 bits per heavy atom. The Morgan fingerprint density at radius 3 is 2.86 bits per heavy atom. The molecule has 0 bridgehead atoms. The Hall–Kier alpha value is -0.980. The van der Waals surface area contributed by atoms with Gasteiger partial charge in [-0.15, -0.1) is 0 Å². The van der Waals surface area contributed by atoms with Crippen molar-refractivity contribution < 1.29 is 0 Å². The standard InChI is InChI=1S/C13H19N/c1-10(2)11-6-7-13-12(9-11)5-3-4-8-14-13/h6-7,9-10,14H,3-5,8H2,1-2H3. The van der Waals surface area contributed by atoms with E-state index in [9.17, 15) is 0 Å². The molecule has 0 aromatic heterocycles. The largest absolute Gasteiger partial charge is 0.385 e. The molecule has 0 aliphatic carbocycles. The number of hydrogen-bond donors (Lipinski definition) is 1. The third-order valence-electron chi connectivity index (χ3n) is 2.98. The van der Waals surface area contributed by atoms with Crippen molar-refractivity contribution in [2.75, 3.05) is 11.9 Å². The maximum atomic E-state index is 3.49. The minimum Gasteiger partial charge on any atom is -0.385 e. The van der Waals surface area contributed by atoms with E-state index in [0.717, 1.165) is 6.54 Å². The zero-order valence-corrected chi connectivity index (χ0v) is 9.14. The molecule has 0 saturated heterocycles. The van der Waals surface area contributed by atoms with Gasteiger partial charge in [0.25, 0.3) is 0 Å². The summed E-state index contributed by atoms with van der Waals surface area (Å²) in [7, 11) is 0. The first kappa shape index (κ1) is 9.57. The van der Waals surface area contributed by atoms with Crippen molar-refractivity contribution in [1.29, 1.82) is 0 Å². The van der Waals surface area contributed by atoms with E-state index in [1.54, 1.807) is 0 Å². The minimum atomic E-state index is 0.642. The van der Waals surface area contributed by atoms with Crippen LogP contribution in [0, 0.1) is 0 Å². The first-order valence-electron chi connectivity index (χ1n) is 5.64. The molecule has 14 heavy (non-hydrogen) atoms. The van der Waals surface area contributed by atoms with Gasteiger partial charge < -0.3 is 5.32 Å². The SMILES string of the molecule is CC(C)c1ccc2c(c1)CCCCN2. The van der Waals surface area contributed by atoms with E-state index in [-0.39, 0.29) is 0 Å². The summed E-state index contributed by atoms with van der Waals surface area (Å²) in [5, 5.41) is 3.49. The van der Waals surface area contributed by atoms with Gasteiger partial charge in [-0.3, -0.25) is 0 Å². The lowest BCUT2D eigenvalue weighted by molar-refractivity contribution is 0.783. The van der Waals surface area contributed by atoms with Crippen molar-refractivity contribution >= 4 is 5.69 Å². The molecule has 76 valence electrons. The van der Waals surface area contributed by atoms with Crippen LogP contribution in [0.5, 0.6) is 0 Å². The average Bonchev–Trinajstić information content (AvgIpc) is 2.41. The molecular formula is C13H19N. The fourth-order valence-electron chi connectivity index (χ4n) is 2.02. The topological polar surface area (TPSA) is 12.0 Å². The van der Waals surface area contributed by atoms with Gasteiger partial charge in [0, 0.05) is 12.2 Å². The van der Waals surface area contributed by atoms with Crippen LogP contribution in [0.3, 0.4) is 0 Å². The van der Waals surface area contributed by atoms with Crippen LogP contribution in [-0.4, -0.2) is 6.54 Å². The van der Waals surface area contributed by atoms with Crippen molar-refractivity contribution in [3.8, 4) is 0 Å². The molecule has 1 heteroatoms. The van der Waals surface area contributed by atoms with Crippen LogP contribution in [0.1, 0.15) is 43.7 Å². The maximum absolute atomic E-state index is 3.49. The zero-order valence-electron chi connectivity index (χ0n) is 9.14. The van der Waals surface area contributed by atoms with Gasteiger partial charge in [-0.1, -0.05) is 26.0 Å². The van der Waals surface area contributed by atoms with Crippen LogP contribution >= 0.6 is 0 Å². The second-order valence-electron chi connectivity index (χ2n) is 4.46. The van der Waals surface area contributed by atoms with E-state index in [0.29, 0.717) is 5.92 Å². The van der Waals surface area contributed by atoms with Crippen LogP contribution in [0.4, 0.5) is 5.69 Å². The van der Waals surface area contributed by atoms with Crippen LogP contribution in [0.2, 0.25) is 0 Å². The Morgan fingerprint density at radius 1 is 1.21 bits per heavy atom. The molecule has 0 spiro atoms. The Kier molecular flexibility index (Phi) is 2.76. The van der Waals surface area contributed by atoms with Crippen LogP contribution in [-0.2, 0) is 6.42 Å². The van der Waals surface area contributed by atoms with Gasteiger partial charge in [0.15, 0.2) is 0 Å². The van der Waals surface area contributed by atoms with Gasteiger partial charge in [0.05, 0.1) is 0 Å². The van der Waals surface area contributed by atoms with Gasteiger partial charge >= 0.3 is 0 Å². The smallest absolute Gasteiger partial charge is 0.0372 e. The summed E-state index contributed by atoms with van der Waals surface area (Å²) < 4.78 is 0. The van der Waals surface area contributed by atoms with Gasteiger partial charge in [-0.25, -0.2) is 0 Å². The zero-order chi connectivity index (χ0) is 9.97. The number of anilines is 1. The van der Waals surface area contributed by atoms with Gasteiger partial charge in [0.2, 0.25) is 0 Å². The summed E-state index contributed by atoms with van der Waals surface area (Å²) in [4.78, 5) is 0. The number of nitrogens with one attached hydrogen (secondary N) is 1. The highest BCUT2D eigenvalue weighted by molar-refractivity contribution is 5.53. The lowest BCUT2D eigenvalue weighted by Crippen LogP contribution is -2.00. The number of aryl methyl sites for hydroxylation is 1. The Bertz CT molecular complexity index is 315. The Balaban J connectivity index is 2.32. The molecule has 1 nitrogen and oxygen atoms in total. The average molecular weight is 189 g/mol. The maximum Gasteiger partial charge on any atom is 0.0372 e. The lowest BCUT2D eigenvalue weighted by atomic mass is 9.98. The van der Waals surface area contributed by atoms with Crippen molar-refractivity contribution in [3.05, 3.63) is 29.3 Å². The highest BCUT2D eigenvalue weighted by Gasteiger charge is 2.08. The highest BCUT2D eigenvalue weighted by atomic mass is 14.9. The van der Waals surface area contributed by atoms with E-state index in [1.807, 2.05) is 0 Å². The molecule has 2 rings (SSSR count). The molecule has 0 radical (unpaired) electrons. The second-order valence-corrected chi connectivity index (χ2v) is 4.46. The molecule has 0 fully saturated rings. The molecule has 1 aromatic rings. The predicted molar refractivity (Wildman–Crippen MR) is 62.0 cm³/mol. The normalized spacial score (nSPS) is 15.9. The number of hydrogen-bond acceptors (Lipinski definition) is 1. The van der Waals surface area contributed by atoms with E-state index in [2.05, 4.69) is 37.4 Å². The van der Waals surface area contributed by atoms with Gasteiger partial charge in [-0.05, 0) is 42.4 Å². The van der Waals surface area contributed by atoms with E-state index < -0.39 is 0 Å². The van der Waals surface area contributed by atoms with E-state index in [4.69, 9.17) is 0 Å². The molecule has 1 aliphatic rings. The summed E-state index contributed by atoms with van der Waals surface area (Å²) in [6.07, 6.45) is 3.86. The molecule has 1 heterocycles. The quantitative estimate of drug-likeness (QED) is 0.712. The number of fused-ring (bicyclic) bond motifs is 1. The second kappa shape index (κ2) is 4.04. The van der Waals surface area contributed by atoms with E-state index >= 15 is 0 Å². The lowest BCUT2D eigenvalue weighted by Gasteiger charge is -2.11. The van der Waals surface area contributed by atoms with Crippen molar-refractivity contribution in [1.82, 2.24) is 0 Å². The van der Waals surface area contributed by atoms with Crippen LogP contribution in [0.25, 0.3) is 0 Å². The molecular weight excluding hydrogens is 170 g/mol. The molecule has 1 aromatic carbocycles. The number of rotatable bonds is 1. The molecule has 1 aliphatic heterocycles. The van der Waals surface area contributed by atoms with E-state index in [1.165, 1.54) is 36.1 Å². The monoisotopic (exact) mass is 189 g/mol. The third-order valence-corrected chi connectivity index (χ3v) is 2.98. The van der Waals surface area contributed by atoms with Crippen LogP contribution < -0.4 is 5.32 Å². The first-order valence-corrected chi connectivity index (χ1v) is 5.64. The minimum absolute atomic E-state index is 0.642. The number of benzene rings is 1. The summed E-state index contributed by atoms with van der Waals surface area (Å²) in [5.74, 6) is 0.642. The van der Waals surface area contributed by atoms with Crippen molar-refractivity contribution in [3.63, 3.8) is 0 Å². The van der Waals surface area contributed by atoms with Crippen molar-refractivity contribution in [2.45, 2.75) is 39.0 Å². The van der Waals surface area contributed by atoms with Crippen LogP contribution in [0.15, 0.2) is 18.2 Å². The molecule has 0 saturated carbocycles. The molecule has 0 atom stereocenters. The molecule has 1 N–H and O–H groups in total. The molecule has 0 amide bonds. The van der Waals surface area contributed by atoms with Crippen molar-refractivity contribution in [2.24, 2.45) is 0 Å². The first-order chi connectivity index (χ1) is 6.77. The highest BCUT2D eigenvalue weighted by Crippen LogP contribution is 2.25.